The molecule has 2 aliphatic heterocycles. The van der Waals surface area contributed by atoms with E-state index in [1.54, 1.807) is 23.5 Å². The lowest BCUT2D eigenvalue weighted by atomic mass is 10.0. The molecule has 3 aromatic rings. The summed E-state index contributed by atoms with van der Waals surface area (Å²) < 4.78 is 28.1. The molecule has 1 aromatic carbocycles. The molecule has 2 aromatic heterocycles. The minimum atomic E-state index is -4.13. The highest BCUT2D eigenvalue weighted by atomic mass is 32.2. The van der Waals surface area contributed by atoms with Crippen LogP contribution in [0.4, 0.5) is 0 Å². The first-order chi connectivity index (χ1) is 19.1. The van der Waals surface area contributed by atoms with Crippen molar-refractivity contribution in [3.05, 3.63) is 77.1 Å². The van der Waals surface area contributed by atoms with Crippen LogP contribution in [0.15, 0.2) is 71.2 Å². The number of sulfonamides is 1. The average molecular weight is 583 g/mol. The van der Waals surface area contributed by atoms with Crippen LogP contribution in [-0.2, 0) is 19.6 Å². The Hall–Kier alpha value is -3.61. The Morgan fingerprint density at radius 3 is 2.55 bits per heavy atom. The lowest BCUT2D eigenvalue weighted by Crippen LogP contribution is -2.53. The van der Waals surface area contributed by atoms with Crippen LogP contribution in [0.25, 0.3) is 10.4 Å². The molecule has 210 valence electrons. The van der Waals surface area contributed by atoms with E-state index in [4.69, 9.17) is 0 Å². The van der Waals surface area contributed by atoms with E-state index in [1.165, 1.54) is 23.2 Å². The number of Topliss-reactive ketones (excluding diaryl/α,β-unsaturated/α-hetero) is 1. The number of nitrogens with zero attached hydrogens (tertiary/aromatic N) is 3. The van der Waals surface area contributed by atoms with E-state index in [-0.39, 0.29) is 36.1 Å². The number of nitrogens with one attached hydrogen (secondary N) is 1. The number of amides is 2. The standard InChI is InChI=1S/C28H30N4O6S2/c1-18(2)15-22(29-27(34)20-9-7-19(8-10-20)25-6-4-14-39-25)28(35)31-13-11-23-26(31)24(33)17-32(23)40(37,38)21-5-3-12-30(36)16-21/h3-10,12,14,16,18,22-23,26H,11,13,15,17H2,1-2H3,(H,29,34). The van der Waals surface area contributed by atoms with Gasteiger partial charge >= 0.3 is 0 Å². The molecule has 2 amide bonds. The molecule has 1 N–H and O–H groups in total. The summed E-state index contributed by atoms with van der Waals surface area (Å²) in [6.07, 6.45) is 2.76. The molecular formula is C28H30N4O6S2. The molecule has 10 nitrogen and oxygen atoms in total. The maximum absolute atomic E-state index is 13.8. The number of thiophene rings is 1. The smallest absolute Gasteiger partial charge is 0.251 e. The summed E-state index contributed by atoms with van der Waals surface area (Å²) in [7, 11) is -4.13. The van der Waals surface area contributed by atoms with Gasteiger partial charge in [-0.3, -0.25) is 14.4 Å². The van der Waals surface area contributed by atoms with Gasteiger partial charge in [0.15, 0.2) is 18.2 Å². The van der Waals surface area contributed by atoms with Crippen molar-refractivity contribution in [1.29, 1.82) is 0 Å². The number of aromatic nitrogens is 1. The van der Waals surface area contributed by atoms with Crippen molar-refractivity contribution in [2.75, 3.05) is 13.1 Å². The van der Waals surface area contributed by atoms with Crippen LogP contribution in [-0.4, -0.2) is 66.4 Å². The minimum Gasteiger partial charge on any atom is -0.619 e. The van der Waals surface area contributed by atoms with Gasteiger partial charge in [-0.05, 0) is 54.0 Å². The van der Waals surface area contributed by atoms with Crippen LogP contribution in [0.2, 0.25) is 0 Å². The van der Waals surface area contributed by atoms with Gasteiger partial charge in [-0.1, -0.05) is 32.0 Å². The van der Waals surface area contributed by atoms with Crippen LogP contribution >= 0.6 is 11.3 Å². The van der Waals surface area contributed by atoms with Gasteiger partial charge in [-0.25, -0.2) is 8.42 Å². The van der Waals surface area contributed by atoms with E-state index in [0.29, 0.717) is 16.7 Å². The van der Waals surface area contributed by atoms with Gasteiger partial charge < -0.3 is 15.4 Å². The Morgan fingerprint density at radius 1 is 1.15 bits per heavy atom. The Kier molecular flexibility index (Phi) is 7.76. The van der Waals surface area contributed by atoms with E-state index in [0.717, 1.165) is 20.9 Å². The predicted octanol–water partition coefficient (Wildman–Crippen LogP) is 2.44. The highest BCUT2D eigenvalue weighted by Gasteiger charge is 2.54. The lowest BCUT2D eigenvalue weighted by molar-refractivity contribution is -0.607. The normalized spacial score (nSPS) is 20.1. The summed E-state index contributed by atoms with van der Waals surface area (Å²) in [6, 6.07) is 11.2. The number of ketones is 1. The highest BCUT2D eigenvalue weighted by molar-refractivity contribution is 7.89. The third-order valence-corrected chi connectivity index (χ3v) is 10.1. The number of carbonyl (C=O) groups excluding carboxylic acids is 3. The van der Waals surface area contributed by atoms with E-state index in [9.17, 15) is 28.0 Å². The second-order valence-electron chi connectivity index (χ2n) is 10.5. The molecule has 0 radical (unpaired) electrons. The number of benzene rings is 1. The maximum atomic E-state index is 13.8. The molecule has 4 heterocycles. The average Bonchev–Trinajstić information content (AvgIpc) is 3.67. The molecule has 12 heteroatoms. The van der Waals surface area contributed by atoms with Gasteiger partial charge in [0.2, 0.25) is 15.9 Å². The fourth-order valence-corrected chi connectivity index (χ4v) is 7.79. The molecule has 0 saturated carbocycles. The zero-order chi connectivity index (χ0) is 28.6. The zero-order valence-corrected chi connectivity index (χ0v) is 23.7. The summed E-state index contributed by atoms with van der Waals surface area (Å²) in [6.45, 7) is 3.67. The van der Waals surface area contributed by atoms with Gasteiger partial charge in [0.05, 0.1) is 12.6 Å². The van der Waals surface area contributed by atoms with Crippen molar-refractivity contribution < 1.29 is 27.5 Å². The first kappa shape index (κ1) is 27.9. The van der Waals surface area contributed by atoms with E-state index in [2.05, 4.69) is 5.32 Å². The van der Waals surface area contributed by atoms with E-state index < -0.39 is 40.0 Å². The van der Waals surface area contributed by atoms with Crippen molar-refractivity contribution >= 4 is 39.0 Å². The number of likely N-dealkylation sites (tertiary alicyclic amines) is 1. The zero-order valence-electron chi connectivity index (χ0n) is 22.1. The molecule has 5 rings (SSSR count). The summed E-state index contributed by atoms with van der Waals surface area (Å²) in [5.74, 6) is -1.12. The molecule has 0 bridgehead atoms. The fourth-order valence-electron chi connectivity index (χ4n) is 5.43. The summed E-state index contributed by atoms with van der Waals surface area (Å²) in [5.41, 5.74) is 1.40. The summed E-state index contributed by atoms with van der Waals surface area (Å²) in [5, 5.41) is 16.5. The minimum absolute atomic E-state index is 0.0712. The van der Waals surface area contributed by atoms with Crippen molar-refractivity contribution in [2.24, 2.45) is 5.92 Å². The number of hydrogen-bond donors (Lipinski definition) is 1. The molecule has 0 aliphatic carbocycles. The molecule has 2 fully saturated rings. The molecule has 2 aliphatic rings. The van der Waals surface area contributed by atoms with Crippen LogP contribution in [0.3, 0.4) is 0 Å². The number of rotatable bonds is 8. The number of fused-ring (bicyclic) bond motifs is 1. The highest BCUT2D eigenvalue weighted by Crippen LogP contribution is 2.34. The monoisotopic (exact) mass is 582 g/mol. The van der Waals surface area contributed by atoms with E-state index in [1.807, 2.05) is 43.5 Å². The number of pyridine rings is 1. The predicted molar refractivity (Wildman–Crippen MR) is 149 cm³/mol. The molecule has 40 heavy (non-hydrogen) atoms. The summed E-state index contributed by atoms with van der Waals surface area (Å²) in [4.78, 5) is 42.3. The number of carbonyl (C=O) groups is 3. The van der Waals surface area contributed by atoms with Crippen LogP contribution in [0.1, 0.15) is 37.0 Å². The van der Waals surface area contributed by atoms with Crippen molar-refractivity contribution in [3.63, 3.8) is 0 Å². The Bertz CT molecular complexity index is 1520. The molecule has 2 saturated heterocycles. The molecular weight excluding hydrogens is 552 g/mol. The molecule has 3 unspecified atom stereocenters. The Balaban J connectivity index is 1.33. The Morgan fingerprint density at radius 2 is 1.90 bits per heavy atom. The topological polar surface area (TPSA) is 131 Å². The van der Waals surface area contributed by atoms with Crippen molar-refractivity contribution in [1.82, 2.24) is 14.5 Å². The fraction of sp³-hybridized carbons (Fsp3) is 0.357. The second kappa shape index (κ2) is 11.1. The van der Waals surface area contributed by atoms with Crippen LogP contribution in [0.5, 0.6) is 0 Å². The van der Waals surface area contributed by atoms with Gasteiger partial charge in [0.25, 0.3) is 5.91 Å². The van der Waals surface area contributed by atoms with Crippen LogP contribution in [0, 0.1) is 11.1 Å². The lowest BCUT2D eigenvalue weighted by Gasteiger charge is -2.29. The summed E-state index contributed by atoms with van der Waals surface area (Å²) >= 11 is 1.60. The first-order valence-electron chi connectivity index (χ1n) is 13.0. The van der Waals surface area contributed by atoms with Crippen molar-refractivity contribution in [3.8, 4) is 10.4 Å². The van der Waals surface area contributed by atoms with Crippen LogP contribution < -0.4 is 10.0 Å². The Labute approximate surface area is 236 Å². The third kappa shape index (κ3) is 5.38. The van der Waals surface area contributed by atoms with Crippen molar-refractivity contribution in [2.45, 2.75) is 49.7 Å². The third-order valence-electron chi connectivity index (χ3n) is 7.28. The SMILES string of the molecule is CC(C)CC(NC(=O)c1ccc(-c2cccs2)cc1)C(=O)N1CCC2C1C(=O)CN2S(=O)(=O)c1ccc[n+]([O-])c1. The molecule has 3 atom stereocenters. The van der Waals surface area contributed by atoms with E-state index >= 15 is 0 Å². The first-order valence-corrected chi connectivity index (χ1v) is 15.4. The maximum Gasteiger partial charge on any atom is 0.251 e. The van der Waals surface area contributed by atoms with Gasteiger partial charge in [0, 0.05) is 23.1 Å². The second-order valence-corrected chi connectivity index (χ2v) is 13.3. The number of hydrogen-bond acceptors (Lipinski definition) is 7. The van der Waals surface area contributed by atoms with Gasteiger partial charge in [0.1, 0.15) is 17.0 Å². The van der Waals surface area contributed by atoms with Gasteiger partial charge in [-0.15, -0.1) is 11.3 Å². The quantitative estimate of drug-likeness (QED) is 0.321. The molecule has 0 spiro atoms. The van der Waals surface area contributed by atoms with Gasteiger partial charge in [-0.2, -0.15) is 9.04 Å². The largest absolute Gasteiger partial charge is 0.619 e.